The van der Waals surface area contributed by atoms with Gasteiger partial charge in [0.25, 0.3) is 5.69 Å². The van der Waals surface area contributed by atoms with Crippen molar-refractivity contribution in [2.24, 2.45) is 0 Å². The summed E-state index contributed by atoms with van der Waals surface area (Å²) in [6.07, 6.45) is 0.669. The maximum Gasteiger partial charge on any atom is 0.407 e. The third-order valence-electron chi connectivity index (χ3n) is 3.25. The molecule has 2 rings (SSSR count). The van der Waals surface area contributed by atoms with Gasteiger partial charge in [-0.1, -0.05) is 12.1 Å². The number of nitro benzene ring substituents is 1. The summed E-state index contributed by atoms with van der Waals surface area (Å²) in [5.74, 6) is 0. The number of nitro groups is 1. The van der Waals surface area contributed by atoms with E-state index in [1.807, 2.05) is 0 Å². The maximum atomic E-state index is 11.0. The first-order valence-electron chi connectivity index (χ1n) is 6.06. The molecule has 1 aromatic carbocycles. The second kappa shape index (κ2) is 5.55. The van der Waals surface area contributed by atoms with Crippen LogP contribution >= 0.6 is 0 Å². The third-order valence-corrected chi connectivity index (χ3v) is 3.25. The Morgan fingerprint density at radius 2 is 2.26 bits per heavy atom. The fourth-order valence-corrected chi connectivity index (χ4v) is 2.31. The molecule has 0 radical (unpaired) electrons. The molecule has 19 heavy (non-hydrogen) atoms. The van der Waals surface area contributed by atoms with E-state index in [2.05, 4.69) is 5.32 Å². The summed E-state index contributed by atoms with van der Waals surface area (Å²) in [5, 5.41) is 22.8. The topological polar surface area (TPSA) is 95.7 Å². The zero-order valence-electron chi connectivity index (χ0n) is 10.3. The summed E-state index contributed by atoms with van der Waals surface area (Å²) < 4.78 is 0. The highest BCUT2D eigenvalue weighted by Crippen LogP contribution is 2.24. The molecule has 2 N–H and O–H groups in total. The van der Waals surface area contributed by atoms with E-state index in [1.54, 1.807) is 18.2 Å². The lowest BCUT2D eigenvalue weighted by Gasteiger charge is -2.22. The molecular formula is C12H15N3O4. The monoisotopic (exact) mass is 265 g/mol. The Hall–Kier alpha value is -2.31. The molecule has 1 aliphatic rings. The van der Waals surface area contributed by atoms with Gasteiger partial charge in [-0.05, 0) is 18.9 Å². The van der Waals surface area contributed by atoms with Gasteiger partial charge in [-0.2, -0.15) is 0 Å². The van der Waals surface area contributed by atoms with Crippen LogP contribution in [-0.4, -0.2) is 40.2 Å². The molecule has 0 unspecified atom stereocenters. The minimum atomic E-state index is -0.938. The highest BCUT2D eigenvalue weighted by molar-refractivity contribution is 5.66. The number of anilines is 1. The van der Waals surface area contributed by atoms with Gasteiger partial charge in [-0.15, -0.1) is 0 Å². The molecule has 7 nitrogen and oxygen atoms in total. The van der Waals surface area contributed by atoms with Crippen molar-refractivity contribution in [1.29, 1.82) is 0 Å². The maximum absolute atomic E-state index is 11.0. The van der Waals surface area contributed by atoms with Gasteiger partial charge in [0.1, 0.15) is 5.69 Å². The summed E-state index contributed by atoms with van der Waals surface area (Å²) in [4.78, 5) is 22.8. The van der Waals surface area contributed by atoms with Crippen LogP contribution in [0.5, 0.6) is 0 Å². The van der Waals surface area contributed by atoms with Gasteiger partial charge in [-0.25, -0.2) is 4.79 Å². The van der Waals surface area contributed by atoms with Gasteiger partial charge in [0.15, 0.2) is 0 Å². The molecule has 1 heterocycles. The van der Waals surface area contributed by atoms with E-state index in [4.69, 9.17) is 5.11 Å². The van der Waals surface area contributed by atoms with Crippen LogP contribution in [0.4, 0.5) is 16.2 Å². The van der Waals surface area contributed by atoms with Crippen molar-refractivity contribution >= 4 is 17.5 Å². The SMILES string of the molecule is O=C(O)N1CCC[C@@H]1CNc1ccccc1[N+](=O)[O-]. The Kier molecular flexibility index (Phi) is 3.84. The number of benzene rings is 1. The number of likely N-dealkylation sites (tertiary alicyclic amines) is 1. The van der Waals surface area contributed by atoms with E-state index in [9.17, 15) is 14.9 Å². The van der Waals surface area contributed by atoms with Crippen molar-refractivity contribution in [3.05, 3.63) is 34.4 Å². The highest BCUT2D eigenvalue weighted by atomic mass is 16.6. The Morgan fingerprint density at radius 3 is 2.95 bits per heavy atom. The summed E-state index contributed by atoms with van der Waals surface area (Å²) in [6, 6.07) is 6.23. The number of hydrogen-bond donors (Lipinski definition) is 2. The summed E-state index contributed by atoms with van der Waals surface area (Å²) in [5.41, 5.74) is 0.423. The van der Waals surface area contributed by atoms with Crippen LogP contribution in [0.2, 0.25) is 0 Å². The molecule has 1 aromatic rings. The number of para-hydroxylation sites is 2. The van der Waals surface area contributed by atoms with Gasteiger partial charge in [0.2, 0.25) is 0 Å². The molecule has 1 aliphatic heterocycles. The minimum absolute atomic E-state index is 0.00220. The Labute approximate surface area is 110 Å². The van der Waals surface area contributed by atoms with Crippen LogP contribution in [-0.2, 0) is 0 Å². The molecule has 1 amide bonds. The largest absolute Gasteiger partial charge is 0.465 e. The summed E-state index contributed by atoms with van der Waals surface area (Å²) in [6.45, 7) is 0.912. The van der Waals surface area contributed by atoms with Gasteiger partial charge < -0.3 is 15.3 Å². The Balaban J connectivity index is 2.03. The number of nitrogens with one attached hydrogen (secondary N) is 1. The standard InChI is InChI=1S/C12H15N3O4/c16-12(17)14-7-3-4-9(14)8-13-10-5-1-2-6-11(10)15(18)19/h1-2,5-6,9,13H,3-4,7-8H2,(H,16,17)/t9-/m1/s1. The van der Waals surface area contributed by atoms with Crippen molar-refractivity contribution in [3.63, 3.8) is 0 Å². The third kappa shape index (κ3) is 2.93. The van der Waals surface area contributed by atoms with E-state index in [0.29, 0.717) is 18.8 Å². The molecule has 102 valence electrons. The van der Waals surface area contributed by atoms with Crippen molar-refractivity contribution in [2.75, 3.05) is 18.4 Å². The van der Waals surface area contributed by atoms with Crippen LogP contribution in [0.25, 0.3) is 0 Å². The van der Waals surface area contributed by atoms with Crippen molar-refractivity contribution in [1.82, 2.24) is 4.90 Å². The first-order chi connectivity index (χ1) is 9.09. The predicted molar refractivity (Wildman–Crippen MR) is 69.3 cm³/mol. The van der Waals surface area contributed by atoms with Crippen LogP contribution in [0.15, 0.2) is 24.3 Å². The molecule has 0 aliphatic carbocycles. The lowest BCUT2D eigenvalue weighted by Crippen LogP contribution is -2.38. The zero-order chi connectivity index (χ0) is 13.8. The Bertz CT molecular complexity index is 492. The molecule has 0 aromatic heterocycles. The smallest absolute Gasteiger partial charge is 0.407 e. The van der Waals surface area contributed by atoms with E-state index in [0.717, 1.165) is 12.8 Å². The highest BCUT2D eigenvalue weighted by Gasteiger charge is 2.28. The molecule has 0 bridgehead atoms. The van der Waals surface area contributed by atoms with Crippen LogP contribution < -0.4 is 5.32 Å². The lowest BCUT2D eigenvalue weighted by atomic mass is 10.2. The molecule has 0 spiro atoms. The molecule has 1 saturated heterocycles. The molecule has 0 saturated carbocycles. The van der Waals surface area contributed by atoms with E-state index >= 15 is 0 Å². The fourth-order valence-electron chi connectivity index (χ4n) is 2.31. The van der Waals surface area contributed by atoms with Crippen LogP contribution in [0, 0.1) is 10.1 Å². The summed E-state index contributed by atoms with van der Waals surface area (Å²) in [7, 11) is 0. The van der Waals surface area contributed by atoms with Crippen molar-refractivity contribution < 1.29 is 14.8 Å². The van der Waals surface area contributed by atoms with Gasteiger partial charge in [-0.3, -0.25) is 10.1 Å². The zero-order valence-corrected chi connectivity index (χ0v) is 10.3. The first kappa shape index (κ1) is 13.1. The van der Waals surface area contributed by atoms with Crippen molar-refractivity contribution in [3.8, 4) is 0 Å². The second-order valence-corrected chi connectivity index (χ2v) is 4.43. The van der Waals surface area contributed by atoms with Crippen molar-refractivity contribution in [2.45, 2.75) is 18.9 Å². The molecule has 7 heteroatoms. The average molecular weight is 265 g/mol. The molecule has 1 fully saturated rings. The fraction of sp³-hybridized carbons (Fsp3) is 0.417. The van der Waals surface area contributed by atoms with E-state index < -0.39 is 11.0 Å². The number of carboxylic acid groups (broad SMARTS) is 1. The van der Waals surface area contributed by atoms with E-state index in [1.165, 1.54) is 11.0 Å². The van der Waals surface area contributed by atoms with E-state index in [-0.39, 0.29) is 11.7 Å². The number of nitrogens with zero attached hydrogens (tertiary/aromatic N) is 2. The Morgan fingerprint density at radius 1 is 1.53 bits per heavy atom. The first-order valence-corrected chi connectivity index (χ1v) is 6.06. The van der Waals surface area contributed by atoms with Gasteiger partial charge in [0, 0.05) is 19.2 Å². The lowest BCUT2D eigenvalue weighted by molar-refractivity contribution is -0.384. The van der Waals surface area contributed by atoms with Gasteiger partial charge >= 0.3 is 6.09 Å². The number of amides is 1. The molecular weight excluding hydrogens is 250 g/mol. The quantitative estimate of drug-likeness (QED) is 0.642. The molecule has 1 atom stereocenters. The minimum Gasteiger partial charge on any atom is -0.465 e. The number of hydrogen-bond acceptors (Lipinski definition) is 4. The summed E-state index contributed by atoms with van der Waals surface area (Å²) >= 11 is 0. The average Bonchev–Trinajstić information content (AvgIpc) is 2.85. The van der Waals surface area contributed by atoms with Crippen LogP contribution in [0.3, 0.4) is 0 Å². The van der Waals surface area contributed by atoms with Gasteiger partial charge in [0.05, 0.1) is 11.0 Å². The normalized spacial score (nSPS) is 18.3. The second-order valence-electron chi connectivity index (χ2n) is 4.43. The van der Waals surface area contributed by atoms with Crippen LogP contribution in [0.1, 0.15) is 12.8 Å². The number of carbonyl (C=O) groups is 1. The predicted octanol–water partition coefficient (Wildman–Crippen LogP) is 2.15. The number of rotatable bonds is 4.